The minimum Gasteiger partial charge on any atom is -0.375 e. The van der Waals surface area contributed by atoms with E-state index in [0.717, 1.165) is 24.8 Å². The summed E-state index contributed by atoms with van der Waals surface area (Å²) in [6.07, 6.45) is 3.89. The van der Waals surface area contributed by atoms with Gasteiger partial charge in [-0.05, 0) is 43.9 Å². The monoisotopic (exact) mass is 194 g/mol. The zero-order valence-electron chi connectivity index (χ0n) is 8.37. The molecule has 0 spiro atoms. The molecule has 0 amide bonds. The Bertz CT molecular complexity index is 294. The molecule has 2 atom stereocenters. The summed E-state index contributed by atoms with van der Waals surface area (Å²) >= 11 is 0. The van der Waals surface area contributed by atoms with E-state index in [9.17, 15) is 4.39 Å². The van der Waals surface area contributed by atoms with Crippen LogP contribution in [0.5, 0.6) is 0 Å². The summed E-state index contributed by atoms with van der Waals surface area (Å²) in [4.78, 5) is 0. The molecule has 76 valence electrons. The number of hydrogen-bond acceptors (Lipinski definition) is 1. The van der Waals surface area contributed by atoms with Gasteiger partial charge in [0.2, 0.25) is 0 Å². The standard InChI is InChI=1S/C12H15FO/c1-9-2-7-12(14-9)8-10-3-5-11(13)6-4-10/h3-6,9,12H,2,7-8H2,1H3. The number of benzene rings is 1. The summed E-state index contributed by atoms with van der Waals surface area (Å²) in [5.74, 6) is -0.172. The minimum atomic E-state index is -0.172. The fraction of sp³-hybridized carbons (Fsp3) is 0.500. The summed E-state index contributed by atoms with van der Waals surface area (Å²) in [5.41, 5.74) is 1.16. The Balaban J connectivity index is 1.94. The van der Waals surface area contributed by atoms with Gasteiger partial charge in [0.1, 0.15) is 5.82 Å². The van der Waals surface area contributed by atoms with Crippen LogP contribution in [0.4, 0.5) is 4.39 Å². The van der Waals surface area contributed by atoms with Crippen molar-refractivity contribution in [3.63, 3.8) is 0 Å². The second kappa shape index (κ2) is 4.09. The van der Waals surface area contributed by atoms with Crippen molar-refractivity contribution in [1.29, 1.82) is 0 Å². The predicted molar refractivity (Wildman–Crippen MR) is 53.7 cm³/mol. The van der Waals surface area contributed by atoms with Crippen molar-refractivity contribution in [3.8, 4) is 0 Å². The van der Waals surface area contributed by atoms with Crippen molar-refractivity contribution in [2.24, 2.45) is 0 Å². The zero-order valence-corrected chi connectivity index (χ0v) is 8.37. The first-order chi connectivity index (χ1) is 6.74. The molecule has 1 fully saturated rings. The third-order valence-electron chi connectivity index (χ3n) is 2.70. The molecule has 1 aromatic rings. The quantitative estimate of drug-likeness (QED) is 0.703. The van der Waals surface area contributed by atoms with Crippen molar-refractivity contribution in [2.45, 2.75) is 38.4 Å². The first kappa shape index (κ1) is 9.66. The lowest BCUT2D eigenvalue weighted by Crippen LogP contribution is -2.11. The third-order valence-corrected chi connectivity index (χ3v) is 2.70. The smallest absolute Gasteiger partial charge is 0.123 e. The van der Waals surface area contributed by atoms with E-state index in [2.05, 4.69) is 6.92 Å². The Morgan fingerprint density at radius 2 is 2.00 bits per heavy atom. The number of hydrogen-bond donors (Lipinski definition) is 0. The van der Waals surface area contributed by atoms with Crippen molar-refractivity contribution in [1.82, 2.24) is 0 Å². The lowest BCUT2D eigenvalue weighted by Gasteiger charge is -2.10. The van der Waals surface area contributed by atoms with E-state index < -0.39 is 0 Å². The molecule has 1 saturated heterocycles. The minimum absolute atomic E-state index is 0.172. The SMILES string of the molecule is CC1CCC(Cc2ccc(F)cc2)O1. The Morgan fingerprint density at radius 1 is 1.29 bits per heavy atom. The Morgan fingerprint density at radius 3 is 2.57 bits per heavy atom. The van der Waals surface area contributed by atoms with Gasteiger partial charge in [0.15, 0.2) is 0 Å². The summed E-state index contributed by atoms with van der Waals surface area (Å²) in [5, 5.41) is 0. The molecule has 0 aliphatic carbocycles. The molecular weight excluding hydrogens is 179 g/mol. The Labute approximate surface area is 83.9 Å². The molecule has 0 saturated carbocycles. The molecule has 2 rings (SSSR count). The van der Waals surface area contributed by atoms with Crippen LogP contribution in [0.3, 0.4) is 0 Å². The normalized spacial score (nSPS) is 26.7. The van der Waals surface area contributed by atoms with Crippen LogP contribution >= 0.6 is 0 Å². The maximum atomic E-state index is 12.6. The number of rotatable bonds is 2. The van der Waals surface area contributed by atoms with Gasteiger partial charge in [0, 0.05) is 0 Å². The van der Waals surface area contributed by atoms with Crippen molar-refractivity contribution in [3.05, 3.63) is 35.6 Å². The fourth-order valence-corrected chi connectivity index (χ4v) is 1.92. The molecule has 0 bridgehead atoms. The van der Waals surface area contributed by atoms with E-state index in [0.29, 0.717) is 12.2 Å². The molecule has 0 aromatic heterocycles. The molecule has 14 heavy (non-hydrogen) atoms. The van der Waals surface area contributed by atoms with Crippen LogP contribution in [-0.4, -0.2) is 12.2 Å². The van der Waals surface area contributed by atoms with Gasteiger partial charge in [-0.1, -0.05) is 12.1 Å². The van der Waals surface area contributed by atoms with Crippen molar-refractivity contribution >= 4 is 0 Å². The Kier molecular flexibility index (Phi) is 2.82. The summed E-state index contributed by atoms with van der Waals surface area (Å²) < 4.78 is 18.3. The van der Waals surface area contributed by atoms with E-state index in [1.807, 2.05) is 12.1 Å². The topological polar surface area (TPSA) is 9.23 Å². The summed E-state index contributed by atoms with van der Waals surface area (Å²) in [7, 11) is 0. The van der Waals surface area contributed by atoms with Crippen LogP contribution in [0.2, 0.25) is 0 Å². The molecule has 1 aliphatic heterocycles. The van der Waals surface area contributed by atoms with Crippen LogP contribution in [0.15, 0.2) is 24.3 Å². The highest BCUT2D eigenvalue weighted by atomic mass is 19.1. The second-order valence-corrected chi connectivity index (χ2v) is 3.98. The van der Waals surface area contributed by atoms with Gasteiger partial charge >= 0.3 is 0 Å². The van der Waals surface area contributed by atoms with Gasteiger partial charge in [0.05, 0.1) is 12.2 Å². The van der Waals surface area contributed by atoms with Gasteiger partial charge < -0.3 is 4.74 Å². The molecule has 1 aliphatic rings. The molecule has 2 heteroatoms. The van der Waals surface area contributed by atoms with Gasteiger partial charge in [0.25, 0.3) is 0 Å². The average molecular weight is 194 g/mol. The van der Waals surface area contributed by atoms with Gasteiger partial charge in [-0.25, -0.2) is 4.39 Å². The highest BCUT2D eigenvalue weighted by molar-refractivity contribution is 5.17. The van der Waals surface area contributed by atoms with E-state index in [4.69, 9.17) is 4.74 Å². The maximum Gasteiger partial charge on any atom is 0.123 e. The van der Waals surface area contributed by atoms with Crippen molar-refractivity contribution < 1.29 is 9.13 Å². The first-order valence-electron chi connectivity index (χ1n) is 5.14. The molecular formula is C12H15FO. The third kappa shape index (κ3) is 2.32. The van der Waals surface area contributed by atoms with E-state index in [1.165, 1.54) is 12.1 Å². The predicted octanol–water partition coefficient (Wildman–Crippen LogP) is 2.94. The van der Waals surface area contributed by atoms with Crippen LogP contribution < -0.4 is 0 Å². The highest BCUT2D eigenvalue weighted by Gasteiger charge is 2.21. The lowest BCUT2D eigenvalue weighted by molar-refractivity contribution is 0.0564. The molecule has 0 radical (unpaired) electrons. The first-order valence-corrected chi connectivity index (χ1v) is 5.14. The number of ether oxygens (including phenoxy) is 1. The molecule has 0 N–H and O–H groups in total. The van der Waals surface area contributed by atoms with Gasteiger partial charge in [-0.3, -0.25) is 0 Å². The van der Waals surface area contributed by atoms with E-state index in [1.54, 1.807) is 0 Å². The Hall–Kier alpha value is -0.890. The molecule has 1 aromatic carbocycles. The van der Waals surface area contributed by atoms with E-state index in [-0.39, 0.29) is 5.82 Å². The number of halogens is 1. The zero-order chi connectivity index (χ0) is 9.97. The molecule has 1 nitrogen and oxygen atoms in total. The average Bonchev–Trinajstić information content (AvgIpc) is 2.56. The lowest BCUT2D eigenvalue weighted by atomic mass is 10.1. The van der Waals surface area contributed by atoms with E-state index >= 15 is 0 Å². The maximum absolute atomic E-state index is 12.6. The van der Waals surface area contributed by atoms with Crippen LogP contribution in [0.25, 0.3) is 0 Å². The second-order valence-electron chi connectivity index (χ2n) is 3.98. The van der Waals surface area contributed by atoms with Gasteiger partial charge in [-0.15, -0.1) is 0 Å². The molecule has 2 unspecified atom stereocenters. The van der Waals surface area contributed by atoms with Gasteiger partial charge in [-0.2, -0.15) is 0 Å². The molecule has 1 heterocycles. The largest absolute Gasteiger partial charge is 0.375 e. The van der Waals surface area contributed by atoms with Crippen LogP contribution in [-0.2, 0) is 11.2 Å². The van der Waals surface area contributed by atoms with Crippen molar-refractivity contribution in [2.75, 3.05) is 0 Å². The summed E-state index contributed by atoms with van der Waals surface area (Å²) in [6.45, 7) is 2.10. The summed E-state index contributed by atoms with van der Waals surface area (Å²) in [6, 6.07) is 6.69. The fourth-order valence-electron chi connectivity index (χ4n) is 1.92. The highest BCUT2D eigenvalue weighted by Crippen LogP contribution is 2.22. The van der Waals surface area contributed by atoms with Crippen LogP contribution in [0, 0.1) is 5.82 Å². The van der Waals surface area contributed by atoms with Crippen LogP contribution in [0.1, 0.15) is 25.3 Å².